The van der Waals surface area contributed by atoms with Crippen molar-refractivity contribution < 1.29 is 9.47 Å². The zero-order chi connectivity index (χ0) is 17.2. The molecule has 128 valence electrons. The second-order valence-electron chi connectivity index (χ2n) is 5.15. The number of hydrogen-bond acceptors (Lipinski definition) is 4. The summed E-state index contributed by atoms with van der Waals surface area (Å²) in [5.74, 6) is 2.34. The average Bonchev–Trinajstić information content (AvgIpc) is 2.61. The van der Waals surface area contributed by atoms with Gasteiger partial charge in [-0.1, -0.05) is 6.07 Å². The number of nitrogens with one attached hydrogen (secondary N) is 2. The number of benzene rings is 1. The van der Waals surface area contributed by atoms with E-state index in [2.05, 4.69) is 20.6 Å². The van der Waals surface area contributed by atoms with Crippen LogP contribution in [0.5, 0.6) is 11.5 Å². The first kappa shape index (κ1) is 17.6. The molecule has 6 nitrogen and oxygen atoms in total. The second-order valence-corrected chi connectivity index (χ2v) is 5.15. The van der Waals surface area contributed by atoms with Gasteiger partial charge in [-0.15, -0.1) is 0 Å². The van der Waals surface area contributed by atoms with Crippen LogP contribution in [0.1, 0.15) is 11.4 Å². The van der Waals surface area contributed by atoms with Crippen molar-refractivity contribution in [3.63, 3.8) is 0 Å². The van der Waals surface area contributed by atoms with Crippen molar-refractivity contribution in [2.45, 2.75) is 13.5 Å². The van der Waals surface area contributed by atoms with E-state index in [1.165, 1.54) is 0 Å². The summed E-state index contributed by atoms with van der Waals surface area (Å²) < 4.78 is 10.8. The first-order valence-corrected chi connectivity index (χ1v) is 7.85. The molecule has 0 fully saturated rings. The van der Waals surface area contributed by atoms with E-state index in [9.17, 15) is 0 Å². The van der Waals surface area contributed by atoms with Crippen molar-refractivity contribution in [1.29, 1.82) is 0 Å². The number of guanidine groups is 1. The predicted molar refractivity (Wildman–Crippen MR) is 95.7 cm³/mol. The molecule has 1 aromatic heterocycles. The molecule has 1 heterocycles. The fourth-order valence-electron chi connectivity index (χ4n) is 2.10. The molecule has 0 unspecified atom stereocenters. The number of rotatable bonds is 7. The van der Waals surface area contributed by atoms with E-state index >= 15 is 0 Å². The summed E-state index contributed by atoms with van der Waals surface area (Å²) in [6, 6.07) is 13.5. The molecule has 6 heteroatoms. The minimum atomic E-state index is 0.537. The molecule has 2 N–H and O–H groups in total. The molecule has 0 radical (unpaired) electrons. The van der Waals surface area contributed by atoms with Crippen LogP contribution in [0.15, 0.2) is 47.5 Å². The Labute approximate surface area is 142 Å². The molecule has 0 amide bonds. The van der Waals surface area contributed by atoms with E-state index in [0.717, 1.165) is 28.8 Å². The van der Waals surface area contributed by atoms with E-state index in [-0.39, 0.29) is 0 Å². The zero-order valence-corrected chi connectivity index (χ0v) is 14.4. The fourth-order valence-corrected chi connectivity index (χ4v) is 2.10. The SMILES string of the molecule is CN=C(NCCOc1ccc(OC)cc1)NCc1cccc(C)n1. The Hall–Kier alpha value is -2.76. The Morgan fingerprint density at radius 2 is 1.83 bits per heavy atom. The van der Waals surface area contributed by atoms with Crippen molar-refractivity contribution >= 4 is 5.96 Å². The Morgan fingerprint density at radius 3 is 2.50 bits per heavy atom. The van der Waals surface area contributed by atoms with Gasteiger partial charge in [0.05, 0.1) is 25.9 Å². The molecule has 1 aromatic carbocycles. The maximum atomic E-state index is 5.67. The molecule has 2 rings (SSSR count). The quantitative estimate of drug-likeness (QED) is 0.463. The third-order valence-corrected chi connectivity index (χ3v) is 3.33. The maximum absolute atomic E-state index is 5.67. The van der Waals surface area contributed by atoms with Crippen molar-refractivity contribution in [3.05, 3.63) is 53.9 Å². The minimum Gasteiger partial charge on any atom is -0.497 e. The number of methoxy groups -OCH3 is 1. The van der Waals surface area contributed by atoms with Crippen LogP contribution in [0.4, 0.5) is 0 Å². The van der Waals surface area contributed by atoms with Crippen LogP contribution in [0.2, 0.25) is 0 Å². The van der Waals surface area contributed by atoms with Crippen LogP contribution in [-0.2, 0) is 6.54 Å². The number of pyridine rings is 1. The largest absolute Gasteiger partial charge is 0.497 e. The summed E-state index contributed by atoms with van der Waals surface area (Å²) >= 11 is 0. The minimum absolute atomic E-state index is 0.537. The lowest BCUT2D eigenvalue weighted by Crippen LogP contribution is -2.39. The Morgan fingerprint density at radius 1 is 1.08 bits per heavy atom. The van der Waals surface area contributed by atoms with Gasteiger partial charge >= 0.3 is 0 Å². The molecule has 0 spiro atoms. The highest BCUT2D eigenvalue weighted by atomic mass is 16.5. The van der Waals surface area contributed by atoms with Crippen LogP contribution in [0, 0.1) is 6.92 Å². The van der Waals surface area contributed by atoms with Crippen molar-refractivity contribution in [2.75, 3.05) is 27.3 Å². The van der Waals surface area contributed by atoms with E-state index in [1.807, 2.05) is 49.4 Å². The number of nitrogens with zero attached hydrogens (tertiary/aromatic N) is 2. The highest BCUT2D eigenvalue weighted by molar-refractivity contribution is 5.79. The normalized spacial score (nSPS) is 11.0. The van der Waals surface area contributed by atoms with Crippen molar-refractivity contribution in [2.24, 2.45) is 4.99 Å². The van der Waals surface area contributed by atoms with Crippen molar-refractivity contribution in [3.8, 4) is 11.5 Å². The van der Waals surface area contributed by atoms with Gasteiger partial charge in [-0.05, 0) is 43.3 Å². The summed E-state index contributed by atoms with van der Waals surface area (Å²) in [5.41, 5.74) is 1.98. The summed E-state index contributed by atoms with van der Waals surface area (Å²) in [6.45, 7) is 3.79. The van der Waals surface area contributed by atoms with E-state index in [0.29, 0.717) is 19.7 Å². The summed E-state index contributed by atoms with van der Waals surface area (Å²) in [7, 11) is 3.38. The van der Waals surface area contributed by atoms with Gasteiger partial charge in [0.15, 0.2) is 5.96 Å². The molecular formula is C18H24N4O2. The number of ether oxygens (including phenoxy) is 2. The fraction of sp³-hybridized carbons (Fsp3) is 0.333. The molecule has 0 aliphatic heterocycles. The summed E-state index contributed by atoms with van der Waals surface area (Å²) in [5, 5.41) is 6.44. The summed E-state index contributed by atoms with van der Waals surface area (Å²) in [6.07, 6.45) is 0. The van der Waals surface area contributed by atoms with Gasteiger partial charge in [0, 0.05) is 12.7 Å². The molecule has 2 aromatic rings. The highest BCUT2D eigenvalue weighted by Gasteiger charge is 2.00. The topological polar surface area (TPSA) is 67.8 Å². The van der Waals surface area contributed by atoms with Gasteiger partial charge in [0.1, 0.15) is 18.1 Å². The third kappa shape index (κ3) is 5.79. The average molecular weight is 328 g/mol. The standard InChI is InChI=1S/C18H24N4O2/c1-14-5-4-6-15(22-14)13-21-18(19-2)20-11-12-24-17-9-7-16(23-3)8-10-17/h4-10H,11-13H2,1-3H3,(H2,19,20,21). The lowest BCUT2D eigenvalue weighted by molar-refractivity contribution is 0.321. The van der Waals surface area contributed by atoms with Gasteiger partial charge in [-0.2, -0.15) is 0 Å². The van der Waals surface area contributed by atoms with Crippen LogP contribution >= 0.6 is 0 Å². The molecule has 0 saturated heterocycles. The van der Waals surface area contributed by atoms with Gasteiger partial charge in [-0.25, -0.2) is 0 Å². The lowest BCUT2D eigenvalue weighted by atomic mass is 10.3. The molecule has 0 saturated carbocycles. The Bertz CT molecular complexity index is 656. The monoisotopic (exact) mass is 328 g/mol. The first-order chi connectivity index (χ1) is 11.7. The molecule has 0 bridgehead atoms. The van der Waals surface area contributed by atoms with Crippen LogP contribution in [-0.4, -0.2) is 38.3 Å². The number of aryl methyl sites for hydroxylation is 1. The summed E-state index contributed by atoms with van der Waals surface area (Å²) in [4.78, 5) is 8.64. The number of aromatic nitrogens is 1. The Balaban J connectivity index is 1.69. The van der Waals surface area contributed by atoms with Gasteiger partial charge < -0.3 is 20.1 Å². The third-order valence-electron chi connectivity index (χ3n) is 3.33. The van der Waals surface area contributed by atoms with Crippen LogP contribution in [0.3, 0.4) is 0 Å². The second kappa shape index (κ2) is 9.39. The van der Waals surface area contributed by atoms with Gasteiger partial charge in [0.25, 0.3) is 0 Å². The molecular weight excluding hydrogens is 304 g/mol. The zero-order valence-electron chi connectivity index (χ0n) is 14.4. The smallest absolute Gasteiger partial charge is 0.191 e. The molecule has 0 aliphatic rings. The van der Waals surface area contributed by atoms with E-state index in [4.69, 9.17) is 9.47 Å². The van der Waals surface area contributed by atoms with E-state index in [1.54, 1.807) is 14.2 Å². The van der Waals surface area contributed by atoms with Crippen LogP contribution in [0.25, 0.3) is 0 Å². The van der Waals surface area contributed by atoms with Crippen LogP contribution < -0.4 is 20.1 Å². The molecule has 0 atom stereocenters. The van der Waals surface area contributed by atoms with Crippen molar-refractivity contribution in [1.82, 2.24) is 15.6 Å². The highest BCUT2D eigenvalue weighted by Crippen LogP contribution is 2.16. The first-order valence-electron chi connectivity index (χ1n) is 7.85. The molecule has 24 heavy (non-hydrogen) atoms. The van der Waals surface area contributed by atoms with Gasteiger partial charge in [-0.3, -0.25) is 9.98 Å². The Kier molecular flexibility index (Phi) is 6.89. The number of aliphatic imine (C=N–C) groups is 1. The predicted octanol–water partition coefficient (Wildman–Crippen LogP) is 2.14. The van der Waals surface area contributed by atoms with Gasteiger partial charge in [0.2, 0.25) is 0 Å². The van der Waals surface area contributed by atoms with E-state index < -0.39 is 0 Å². The lowest BCUT2D eigenvalue weighted by Gasteiger charge is -2.12. The number of hydrogen-bond donors (Lipinski definition) is 2. The molecule has 0 aliphatic carbocycles. The maximum Gasteiger partial charge on any atom is 0.191 e.